The number of benzene rings is 2. The minimum atomic E-state index is -0.622. The van der Waals surface area contributed by atoms with Crippen molar-refractivity contribution in [3.63, 3.8) is 0 Å². The smallest absolute Gasteiger partial charge is 0.253 e. The van der Waals surface area contributed by atoms with Crippen molar-refractivity contribution in [3.8, 4) is 0 Å². The van der Waals surface area contributed by atoms with E-state index in [9.17, 15) is 9.59 Å². The summed E-state index contributed by atoms with van der Waals surface area (Å²) < 4.78 is 2.36. The van der Waals surface area contributed by atoms with Crippen LogP contribution in [0, 0.1) is 6.92 Å². The Morgan fingerprint density at radius 3 is 2.49 bits per heavy atom. The van der Waals surface area contributed by atoms with Crippen LogP contribution in [0.25, 0.3) is 0 Å². The maximum absolute atomic E-state index is 12.8. The van der Waals surface area contributed by atoms with E-state index in [-0.39, 0.29) is 5.91 Å². The van der Waals surface area contributed by atoms with E-state index < -0.39 is 5.54 Å². The van der Waals surface area contributed by atoms with Crippen molar-refractivity contribution < 1.29 is 9.59 Å². The summed E-state index contributed by atoms with van der Waals surface area (Å²) in [5.41, 5.74) is 3.53. The number of aldehydes is 1. The van der Waals surface area contributed by atoms with Crippen LogP contribution in [0.5, 0.6) is 0 Å². The lowest BCUT2D eigenvalue weighted by atomic mass is 9.89. The lowest BCUT2D eigenvalue weighted by molar-refractivity contribution is -0.124. The Morgan fingerprint density at radius 1 is 1.14 bits per heavy atom. The van der Waals surface area contributed by atoms with Gasteiger partial charge in [0.25, 0.3) is 5.91 Å². The number of nitrogens with zero attached hydrogens (tertiary/aromatic N) is 3. The highest BCUT2D eigenvalue weighted by molar-refractivity contribution is 7.98. The molecule has 0 radical (unpaired) electrons. The highest BCUT2D eigenvalue weighted by Crippen LogP contribution is 2.33. The quantitative estimate of drug-likeness (QED) is 0.339. The SMILES string of the molecule is CN(C)C.CSc1cccc(C2=NC3(CCN(SCCc4ccc(C=O)cc4C)CC3)C(=O)N2)c1. The van der Waals surface area contributed by atoms with Crippen molar-refractivity contribution in [3.05, 3.63) is 64.7 Å². The van der Waals surface area contributed by atoms with Gasteiger partial charge >= 0.3 is 0 Å². The standard InChI is InChI=1S/C24H27N3O2S2.C3H9N/c1-17-14-18(16-28)6-7-19(17)8-13-31-27-11-9-24(10-12-27)23(29)25-22(26-24)20-4-3-5-21(15-20)30-2;1-4(2)3/h3-7,14-16H,8-13H2,1-2H3,(H,25,26,29);1-3H3. The number of thioether (sulfide) groups is 1. The van der Waals surface area contributed by atoms with Crippen LogP contribution in [-0.2, 0) is 11.2 Å². The van der Waals surface area contributed by atoms with Gasteiger partial charge in [-0.3, -0.25) is 18.9 Å². The van der Waals surface area contributed by atoms with Gasteiger partial charge in [-0.25, -0.2) is 0 Å². The van der Waals surface area contributed by atoms with Gasteiger partial charge in [0, 0.05) is 34.9 Å². The van der Waals surface area contributed by atoms with Gasteiger partial charge in [0.2, 0.25) is 0 Å². The molecule has 0 unspecified atom stereocenters. The van der Waals surface area contributed by atoms with E-state index in [4.69, 9.17) is 4.99 Å². The number of piperidine rings is 1. The average molecular weight is 513 g/mol. The maximum atomic E-state index is 12.8. The Morgan fingerprint density at radius 2 is 1.86 bits per heavy atom. The zero-order chi connectivity index (χ0) is 25.4. The number of aliphatic imine (C=N–C) groups is 1. The highest BCUT2D eigenvalue weighted by Gasteiger charge is 2.45. The Balaban J connectivity index is 0.000000795. The van der Waals surface area contributed by atoms with Crippen LogP contribution in [0.2, 0.25) is 0 Å². The van der Waals surface area contributed by atoms with Crippen molar-refractivity contribution in [2.45, 2.75) is 36.6 Å². The van der Waals surface area contributed by atoms with E-state index in [1.54, 1.807) is 11.8 Å². The summed E-state index contributed by atoms with van der Waals surface area (Å²) >= 11 is 3.52. The second kappa shape index (κ2) is 12.7. The molecule has 2 aromatic carbocycles. The molecule has 35 heavy (non-hydrogen) atoms. The van der Waals surface area contributed by atoms with Crippen LogP contribution in [0.3, 0.4) is 0 Å². The molecule has 1 amide bonds. The zero-order valence-electron chi connectivity index (χ0n) is 21.3. The monoisotopic (exact) mass is 512 g/mol. The number of hydrogen-bond donors (Lipinski definition) is 1. The fourth-order valence-corrected chi connectivity index (χ4v) is 5.58. The van der Waals surface area contributed by atoms with Crippen molar-refractivity contribution in [2.75, 3.05) is 46.2 Å². The maximum Gasteiger partial charge on any atom is 0.253 e. The molecule has 2 aromatic rings. The normalized spacial score (nSPS) is 17.1. The van der Waals surface area contributed by atoms with E-state index in [0.29, 0.717) is 5.84 Å². The third-order valence-electron chi connectivity index (χ3n) is 6.02. The topological polar surface area (TPSA) is 65.0 Å². The van der Waals surface area contributed by atoms with Crippen molar-refractivity contribution in [2.24, 2.45) is 4.99 Å². The van der Waals surface area contributed by atoms with Crippen molar-refractivity contribution >= 4 is 41.7 Å². The molecule has 188 valence electrons. The summed E-state index contributed by atoms with van der Waals surface area (Å²) in [5.74, 6) is 1.72. The third-order valence-corrected chi connectivity index (χ3v) is 7.86. The molecule has 0 bridgehead atoms. The Kier molecular flexibility index (Phi) is 9.98. The van der Waals surface area contributed by atoms with Crippen LogP contribution < -0.4 is 5.32 Å². The second-order valence-corrected chi connectivity index (χ2v) is 11.4. The molecule has 0 saturated carbocycles. The minimum Gasteiger partial charge on any atom is -0.312 e. The molecule has 8 heteroatoms. The largest absolute Gasteiger partial charge is 0.312 e. The molecule has 0 aromatic heterocycles. The summed E-state index contributed by atoms with van der Waals surface area (Å²) in [7, 11) is 6.00. The van der Waals surface area contributed by atoms with Crippen LogP contribution in [-0.4, -0.2) is 79.0 Å². The number of rotatable bonds is 7. The van der Waals surface area contributed by atoms with Crippen LogP contribution in [0.4, 0.5) is 0 Å². The van der Waals surface area contributed by atoms with Crippen molar-refractivity contribution in [1.29, 1.82) is 0 Å². The first-order valence-electron chi connectivity index (χ1n) is 11.9. The summed E-state index contributed by atoms with van der Waals surface area (Å²) in [6.07, 6.45) is 5.38. The van der Waals surface area contributed by atoms with Gasteiger partial charge in [0.15, 0.2) is 0 Å². The Labute approximate surface area is 218 Å². The Hall–Kier alpha value is -2.13. The summed E-state index contributed by atoms with van der Waals surface area (Å²) in [4.78, 5) is 31.7. The number of carbonyl (C=O) groups is 2. The van der Waals surface area contributed by atoms with Crippen LogP contribution in [0.1, 0.15) is 39.9 Å². The van der Waals surface area contributed by atoms with Gasteiger partial charge in [-0.1, -0.05) is 36.2 Å². The van der Waals surface area contributed by atoms with Gasteiger partial charge in [0.1, 0.15) is 17.7 Å². The molecule has 2 aliphatic heterocycles. The lowest BCUT2D eigenvalue weighted by Gasteiger charge is -2.34. The van der Waals surface area contributed by atoms with Gasteiger partial charge in [-0.15, -0.1) is 11.8 Å². The van der Waals surface area contributed by atoms with E-state index in [2.05, 4.69) is 34.7 Å². The third kappa shape index (κ3) is 7.43. The minimum absolute atomic E-state index is 0.0348. The van der Waals surface area contributed by atoms with Gasteiger partial charge in [-0.2, -0.15) is 0 Å². The average Bonchev–Trinajstić information content (AvgIpc) is 3.16. The Bertz CT molecular complexity index is 1060. The number of amidine groups is 1. The zero-order valence-corrected chi connectivity index (χ0v) is 23.0. The molecule has 1 fully saturated rings. The number of carbonyl (C=O) groups excluding carboxylic acids is 2. The molecule has 0 aliphatic carbocycles. The predicted molar refractivity (Wildman–Crippen MR) is 149 cm³/mol. The van der Waals surface area contributed by atoms with E-state index in [1.165, 1.54) is 5.56 Å². The number of amides is 1. The van der Waals surface area contributed by atoms with Gasteiger partial charge in [0.05, 0.1) is 0 Å². The number of hydrogen-bond acceptors (Lipinski definition) is 7. The molecule has 2 aliphatic rings. The fraction of sp³-hybridized carbons (Fsp3) is 0.444. The van der Waals surface area contributed by atoms with Crippen LogP contribution in [0.15, 0.2) is 52.4 Å². The van der Waals surface area contributed by atoms with Crippen molar-refractivity contribution in [1.82, 2.24) is 14.5 Å². The van der Waals surface area contributed by atoms with E-state index in [0.717, 1.165) is 66.0 Å². The highest BCUT2D eigenvalue weighted by atomic mass is 32.2. The second-order valence-electron chi connectivity index (χ2n) is 9.34. The number of nitrogens with one attached hydrogen (secondary N) is 1. The fourth-order valence-electron chi connectivity index (χ4n) is 4.11. The van der Waals surface area contributed by atoms with Crippen LogP contribution >= 0.6 is 23.7 Å². The predicted octanol–water partition coefficient (Wildman–Crippen LogP) is 4.31. The first-order chi connectivity index (χ1) is 16.8. The molecule has 0 atom stereocenters. The van der Waals surface area contributed by atoms with E-state index >= 15 is 0 Å². The molecule has 1 spiro atoms. The first-order valence-corrected chi connectivity index (χ1v) is 14.0. The molecule has 2 heterocycles. The summed E-state index contributed by atoms with van der Waals surface area (Å²) in [6, 6.07) is 14.0. The first kappa shape index (κ1) is 27.5. The summed E-state index contributed by atoms with van der Waals surface area (Å²) in [5, 5.41) is 3.03. The van der Waals surface area contributed by atoms with E-state index in [1.807, 2.05) is 68.5 Å². The molecule has 1 saturated heterocycles. The molecule has 6 nitrogen and oxygen atoms in total. The lowest BCUT2D eigenvalue weighted by Crippen LogP contribution is -2.47. The molecular formula is C27H36N4O2S2. The van der Waals surface area contributed by atoms with Gasteiger partial charge < -0.3 is 10.2 Å². The molecule has 1 N–H and O–H groups in total. The molecule has 4 rings (SSSR count). The molecular weight excluding hydrogens is 476 g/mol. The van der Waals surface area contributed by atoms with Gasteiger partial charge in [-0.05, 0) is 82.9 Å². The summed E-state index contributed by atoms with van der Waals surface area (Å²) in [6.45, 7) is 3.76. The number of aryl methyl sites for hydroxylation is 2.